The Balaban J connectivity index is 1.38. The van der Waals surface area contributed by atoms with Gasteiger partial charge in [0, 0.05) is 54.7 Å². The summed E-state index contributed by atoms with van der Waals surface area (Å²) in [6.07, 6.45) is 6.69. The van der Waals surface area contributed by atoms with Crippen molar-refractivity contribution in [2.75, 3.05) is 32.8 Å². The summed E-state index contributed by atoms with van der Waals surface area (Å²) in [5, 5.41) is 14.2. The summed E-state index contributed by atoms with van der Waals surface area (Å²) < 4.78 is 13.6. The van der Waals surface area contributed by atoms with Crippen LogP contribution >= 0.6 is 23.2 Å². The highest BCUT2D eigenvalue weighted by Gasteiger charge is 2.19. The Labute approximate surface area is 207 Å². The van der Waals surface area contributed by atoms with Crippen molar-refractivity contribution in [1.29, 1.82) is 0 Å². The van der Waals surface area contributed by atoms with Crippen molar-refractivity contribution in [1.82, 2.24) is 29.9 Å². The van der Waals surface area contributed by atoms with E-state index in [1.165, 1.54) is 0 Å². The molecule has 1 aromatic carbocycles. The van der Waals surface area contributed by atoms with Gasteiger partial charge in [-0.15, -0.1) is 0 Å². The van der Waals surface area contributed by atoms with Gasteiger partial charge < -0.3 is 9.47 Å². The molecule has 4 aromatic rings. The van der Waals surface area contributed by atoms with Crippen molar-refractivity contribution < 1.29 is 9.47 Å². The molecule has 0 radical (unpaired) electrons. The van der Waals surface area contributed by atoms with Crippen LogP contribution in [-0.2, 0) is 11.3 Å². The lowest BCUT2D eigenvalue weighted by Crippen LogP contribution is -2.38. The summed E-state index contributed by atoms with van der Waals surface area (Å²) in [6.45, 7) is 9.24. The molecule has 10 heteroatoms. The van der Waals surface area contributed by atoms with Crippen LogP contribution in [0, 0.1) is 6.92 Å². The van der Waals surface area contributed by atoms with Crippen LogP contribution in [0.4, 0.5) is 0 Å². The van der Waals surface area contributed by atoms with Crippen molar-refractivity contribution >= 4 is 34.1 Å². The minimum Gasteiger partial charge on any atom is -0.486 e. The summed E-state index contributed by atoms with van der Waals surface area (Å²) in [7, 11) is 0. The van der Waals surface area contributed by atoms with E-state index in [4.69, 9.17) is 32.7 Å². The van der Waals surface area contributed by atoms with Gasteiger partial charge in [-0.3, -0.25) is 19.7 Å². The number of aromatic amines is 1. The zero-order valence-corrected chi connectivity index (χ0v) is 20.6. The van der Waals surface area contributed by atoms with Gasteiger partial charge in [-0.25, -0.2) is 0 Å². The molecule has 1 aliphatic heterocycles. The smallest absolute Gasteiger partial charge is 0.124 e. The first-order valence-corrected chi connectivity index (χ1v) is 12.0. The van der Waals surface area contributed by atoms with E-state index in [2.05, 4.69) is 25.2 Å². The Morgan fingerprint density at radius 2 is 1.88 bits per heavy atom. The number of aryl methyl sites for hydroxylation is 1. The first kappa shape index (κ1) is 23.1. The van der Waals surface area contributed by atoms with Gasteiger partial charge in [0.25, 0.3) is 0 Å². The predicted octanol–water partition coefficient (Wildman–Crippen LogP) is 4.91. The molecule has 1 fully saturated rings. The number of aromatic nitrogens is 5. The van der Waals surface area contributed by atoms with Crippen LogP contribution in [0.2, 0.25) is 10.0 Å². The summed E-state index contributed by atoms with van der Waals surface area (Å²) in [4.78, 5) is 6.41. The topological polar surface area (TPSA) is 81.1 Å². The number of fused-ring (bicyclic) bond motifs is 1. The van der Waals surface area contributed by atoms with Crippen molar-refractivity contribution in [2.24, 2.45) is 0 Å². The summed E-state index contributed by atoms with van der Waals surface area (Å²) >= 11 is 12.6. The minimum atomic E-state index is -0.349. The SMILES string of the molecule is Cc1cc(O[C@H](C)c2c(Cl)cncc2Cl)cc2c(-c3cnn(CCN4CCOCC4)c3)n[nH]c12. The molecule has 0 aliphatic carbocycles. The van der Waals surface area contributed by atoms with E-state index >= 15 is 0 Å². The van der Waals surface area contributed by atoms with Crippen molar-refractivity contribution in [2.45, 2.75) is 26.5 Å². The normalized spacial score (nSPS) is 15.6. The Morgan fingerprint density at radius 1 is 1.12 bits per heavy atom. The maximum atomic E-state index is 6.32. The van der Waals surface area contributed by atoms with E-state index in [0.717, 1.165) is 67.1 Å². The summed E-state index contributed by atoms with van der Waals surface area (Å²) in [6, 6.07) is 3.97. The Hall–Kier alpha value is -2.65. The number of pyridine rings is 1. The highest BCUT2D eigenvalue weighted by Crippen LogP contribution is 2.36. The lowest BCUT2D eigenvalue weighted by Gasteiger charge is -2.26. The third-order valence-corrected chi connectivity index (χ3v) is 6.71. The third kappa shape index (κ3) is 4.77. The van der Waals surface area contributed by atoms with Crippen LogP contribution in [0.1, 0.15) is 24.2 Å². The van der Waals surface area contributed by atoms with Crippen molar-refractivity contribution in [3.8, 4) is 17.0 Å². The molecule has 8 nitrogen and oxygen atoms in total. The summed E-state index contributed by atoms with van der Waals surface area (Å²) in [5.41, 5.74) is 4.51. The number of nitrogens with one attached hydrogen (secondary N) is 1. The molecule has 0 spiro atoms. The molecular formula is C24H26Cl2N6O2. The minimum absolute atomic E-state index is 0.349. The standard InChI is InChI=1S/C24H26Cl2N6O2/c1-15-9-18(34-16(2)22-20(25)12-27-13-21(22)26)10-19-23(15)29-30-24(19)17-11-28-32(14-17)4-3-31-5-7-33-8-6-31/h9-14,16H,3-8H2,1-2H3,(H,29,30)/t16-/m1/s1. The van der Waals surface area contributed by atoms with Crippen LogP contribution in [0.25, 0.3) is 22.2 Å². The largest absolute Gasteiger partial charge is 0.486 e. The number of H-pyrrole nitrogens is 1. The van der Waals surface area contributed by atoms with E-state index < -0.39 is 0 Å². The van der Waals surface area contributed by atoms with Crippen LogP contribution in [0.3, 0.4) is 0 Å². The average Bonchev–Trinajstić information content (AvgIpc) is 3.45. The average molecular weight is 501 g/mol. The Morgan fingerprint density at radius 3 is 2.65 bits per heavy atom. The van der Waals surface area contributed by atoms with E-state index in [1.807, 2.05) is 43.1 Å². The monoisotopic (exact) mass is 500 g/mol. The Bertz CT molecular complexity index is 1280. The maximum Gasteiger partial charge on any atom is 0.124 e. The molecule has 1 N–H and O–H groups in total. The number of nitrogens with zero attached hydrogens (tertiary/aromatic N) is 5. The fourth-order valence-corrected chi connectivity index (χ4v) is 4.97. The van der Waals surface area contributed by atoms with Crippen LogP contribution in [-0.4, -0.2) is 62.7 Å². The molecule has 0 amide bonds. The van der Waals surface area contributed by atoms with E-state index in [1.54, 1.807) is 12.4 Å². The number of halogens is 2. The zero-order chi connectivity index (χ0) is 23.7. The second-order valence-electron chi connectivity index (χ2n) is 8.46. The lowest BCUT2D eigenvalue weighted by molar-refractivity contribution is 0.0360. The quantitative estimate of drug-likeness (QED) is 0.388. The van der Waals surface area contributed by atoms with Crippen LogP contribution in [0.5, 0.6) is 5.75 Å². The van der Waals surface area contributed by atoms with Gasteiger partial charge in [0.2, 0.25) is 0 Å². The number of morpholine rings is 1. The van der Waals surface area contributed by atoms with Gasteiger partial charge in [0.05, 0.1) is 41.5 Å². The van der Waals surface area contributed by atoms with Gasteiger partial charge in [0.15, 0.2) is 0 Å². The molecule has 5 rings (SSSR count). The molecule has 0 unspecified atom stereocenters. The number of hydrogen-bond acceptors (Lipinski definition) is 6. The molecule has 0 bridgehead atoms. The van der Waals surface area contributed by atoms with Crippen molar-refractivity contribution in [3.05, 3.63) is 58.1 Å². The molecule has 0 saturated carbocycles. The number of ether oxygens (including phenoxy) is 2. The fraction of sp³-hybridized carbons (Fsp3) is 0.375. The van der Waals surface area contributed by atoms with Gasteiger partial charge in [-0.05, 0) is 31.5 Å². The molecule has 4 heterocycles. The summed E-state index contributed by atoms with van der Waals surface area (Å²) in [5.74, 6) is 0.712. The van der Waals surface area contributed by atoms with Gasteiger partial charge in [-0.1, -0.05) is 23.2 Å². The van der Waals surface area contributed by atoms with E-state index in [-0.39, 0.29) is 6.10 Å². The van der Waals surface area contributed by atoms with Gasteiger partial charge in [0.1, 0.15) is 17.5 Å². The molecule has 1 atom stereocenters. The predicted molar refractivity (Wildman–Crippen MR) is 133 cm³/mol. The van der Waals surface area contributed by atoms with Crippen molar-refractivity contribution in [3.63, 3.8) is 0 Å². The fourth-order valence-electron chi connectivity index (χ4n) is 4.30. The highest BCUT2D eigenvalue weighted by molar-refractivity contribution is 6.35. The molecular weight excluding hydrogens is 475 g/mol. The van der Waals surface area contributed by atoms with Gasteiger partial charge >= 0.3 is 0 Å². The number of hydrogen-bond donors (Lipinski definition) is 1. The first-order valence-electron chi connectivity index (χ1n) is 11.3. The van der Waals surface area contributed by atoms with E-state index in [9.17, 15) is 0 Å². The first-order chi connectivity index (χ1) is 16.5. The number of benzene rings is 1. The van der Waals surface area contributed by atoms with Crippen LogP contribution in [0.15, 0.2) is 36.9 Å². The van der Waals surface area contributed by atoms with Gasteiger partial charge in [-0.2, -0.15) is 10.2 Å². The van der Waals surface area contributed by atoms with Crippen LogP contribution < -0.4 is 4.74 Å². The second kappa shape index (κ2) is 9.92. The third-order valence-electron chi connectivity index (χ3n) is 6.11. The molecule has 34 heavy (non-hydrogen) atoms. The second-order valence-corrected chi connectivity index (χ2v) is 9.27. The Kier molecular flexibility index (Phi) is 6.74. The molecule has 3 aromatic heterocycles. The zero-order valence-electron chi connectivity index (χ0n) is 19.1. The molecule has 1 saturated heterocycles. The lowest BCUT2D eigenvalue weighted by atomic mass is 10.1. The molecule has 178 valence electrons. The number of rotatable bonds is 7. The molecule has 1 aliphatic rings. The highest BCUT2D eigenvalue weighted by atomic mass is 35.5. The van der Waals surface area contributed by atoms with E-state index in [0.29, 0.717) is 21.4 Å². The maximum absolute atomic E-state index is 6.32.